The fraction of sp³-hybridized carbons (Fsp3) is 0.909. The fourth-order valence-electron chi connectivity index (χ4n) is 9.02. The zero-order valence-corrected chi connectivity index (χ0v) is 22.0. The van der Waals surface area contributed by atoms with E-state index in [1.54, 1.807) is 0 Å². The van der Waals surface area contributed by atoms with Crippen LogP contribution in [-0.4, -0.2) is 37.2 Å². The number of rotatable bonds is 6. The average Bonchev–Trinajstić information content (AvgIpc) is 3.56. The summed E-state index contributed by atoms with van der Waals surface area (Å²) in [6.45, 7) is 6.74. The van der Waals surface area contributed by atoms with E-state index < -0.39 is 0 Å². The minimum atomic E-state index is -0.286. The third-order valence-corrected chi connectivity index (χ3v) is 10.9. The van der Waals surface area contributed by atoms with Crippen molar-refractivity contribution in [3.63, 3.8) is 0 Å². The number of cyclic esters (lactones) is 1. The molecule has 228 valence electrons. The molecule has 0 amide bonds. The van der Waals surface area contributed by atoms with Gasteiger partial charge in [-0.15, -0.1) is 0 Å². The van der Waals surface area contributed by atoms with Crippen molar-refractivity contribution in [2.45, 2.75) is 120 Å². The van der Waals surface area contributed by atoms with Crippen LogP contribution < -0.4 is 0 Å². The van der Waals surface area contributed by atoms with Gasteiger partial charge in [0.2, 0.25) is 0 Å². The van der Waals surface area contributed by atoms with Gasteiger partial charge < -0.3 is 14.2 Å². The highest BCUT2D eigenvalue weighted by Crippen LogP contribution is 2.59. The Morgan fingerprint density at radius 3 is 2.00 bits per heavy atom. The maximum atomic E-state index is 12.7. The number of esters is 3. The Morgan fingerprint density at radius 1 is 0.923 bits per heavy atom. The van der Waals surface area contributed by atoms with Crippen LogP contribution in [0.5, 0.6) is 0 Å². The zero-order chi connectivity index (χ0) is 24.9. The van der Waals surface area contributed by atoms with E-state index >= 15 is 0 Å². The summed E-state index contributed by atoms with van der Waals surface area (Å²) < 4.78 is 16.0. The lowest BCUT2D eigenvalue weighted by molar-refractivity contribution is -0.207. The van der Waals surface area contributed by atoms with Crippen LogP contribution in [0, 0.1) is 59.2 Å². The molecule has 0 radical (unpaired) electrons. The molecule has 6 aliphatic carbocycles. The van der Waals surface area contributed by atoms with Gasteiger partial charge in [0.25, 0.3) is 0 Å². The van der Waals surface area contributed by atoms with Crippen LogP contribution in [0.25, 0.3) is 0 Å². The van der Waals surface area contributed by atoms with Crippen molar-refractivity contribution < 1.29 is 28.6 Å². The lowest BCUT2D eigenvalue weighted by Crippen LogP contribution is -2.58. The quantitative estimate of drug-likeness (QED) is 0.248. The van der Waals surface area contributed by atoms with E-state index in [0.29, 0.717) is 42.4 Å². The first-order valence-corrected chi connectivity index (χ1v) is 14.2. The molecule has 0 spiro atoms. The molecular weight excluding hydrogens is 492 g/mol. The minimum absolute atomic E-state index is 0. The number of ether oxygens (including phenoxy) is 3. The Bertz CT molecular complexity index is 808. The van der Waals surface area contributed by atoms with Gasteiger partial charge in [0.05, 0.1) is 31.5 Å². The van der Waals surface area contributed by atoms with Crippen molar-refractivity contribution >= 4 is 17.9 Å². The second-order valence-electron chi connectivity index (χ2n) is 12.8. The third kappa shape index (κ3) is 6.50. The Hall–Kier alpha value is -1.59. The fourth-order valence-corrected chi connectivity index (χ4v) is 9.02. The predicted molar refractivity (Wildman–Crippen MR) is 157 cm³/mol. The number of hydrogen-bond acceptors (Lipinski definition) is 6. The Balaban J connectivity index is 0.000000429. The number of methoxy groups -OCH3 is 1. The van der Waals surface area contributed by atoms with Crippen LogP contribution >= 0.6 is 0 Å². The van der Waals surface area contributed by atoms with Crippen LogP contribution in [0.1, 0.15) is 115 Å². The zero-order valence-electron chi connectivity index (χ0n) is 22.0. The van der Waals surface area contributed by atoms with E-state index in [0.717, 1.165) is 24.4 Å². The van der Waals surface area contributed by atoms with Gasteiger partial charge in [-0.3, -0.25) is 14.4 Å². The molecule has 39 heavy (non-hydrogen) atoms. The van der Waals surface area contributed by atoms with Crippen molar-refractivity contribution in [1.82, 2.24) is 0 Å². The van der Waals surface area contributed by atoms with Gasteiger partial charge in [-0.2, -0.15) is 0 Å². The summed E-state index contributed by atoms with van der Waals surface area (Å²) in [5.41, 5.74) is -0.286. The largest absolute Gasteiger partial charge is 0.469 e. The third-order valence-electron chi connectivity index (χ3n) is 10.9. The molecule has 6 atom stereocenters. The molecule has 6 bridgehead atoms. The van der Waals surface area contributed by atoms with Crippen LogP contribution in [0.15, 0.2) is 0 Å². The number of carbonyl (C=O) groups excluding carboxylic acids is 3. The summed E-state index contributed by atoms with van der Waals surface area (Å²) >= 11 is 0. The Kier molecular flexibility index (Phi) is 12.6. The topological polar surface area (TPSA) is 78.9 Å². The van der Waals surface area contributed by atoms with Gasteiger partial charge in [-0.25, -0.2) is 0 Å². The predicted octanol–water partition coefficient (Wildman–Crippen LogP) is 7.72. The van der Waals surface area contributed by atoms with Crippen molar-refractivity contribution in [3.8, 4) is 0 Å². The maximum Gasteiger partial charge on any atom is 0.309 e. The number of hydrogen-bond donors (Lipinski definition) is 0. The van der Waals surface area contributed by atoms with Crippen LogP contribution in [0.3, 0.4) is 0 Å². The average molecular weight is 553 g/mol. The molecule has 1 aliphatic heterocycles. The highest BCUT2D eigenvalue weighted by Gasteiger charge is 2.57. The number of fused-ring (bicyclic) bond motifs is 5. The molecule has 6 heteroatoms. The molecule has 7 rings (SSSR count). The molecule has 0 aromatic rings. The van der Waals surface area contributed by atoms with E-state index in [-0.39, 0.29) is 65.1 Å². The molecule has 7 aliphatic rings. The Morgan fingerprint density at radius 2 is 1.49 bits per heavy atom. The normalized spacial score (nSPS) is 39.1. The second kappa shape index (κ2) is 13.9. The Labute approximate surface area is 239 Å². The summed E-state index contributed by atoms with van der Waals surface area (Å²) in [5.74, 6) is 4.51. The molecule has 0 aromatic carbocycles. The van der Waals surface area contributed by atoms with Crippen molar-refractivity contribution in [2.24, 2.45) is 59.2 Å². The number of carbonyl (C=O) groups is 3. The molecule has 6 saturated carbocycles. The first-order valence-electron chi connectivity index (χ1n) is 14.2. The van der Waals surface area contributed by atoms with Gasteiger partial charge in [0.15, 0.2) is 0 Å². The summed E-state index contributed by atoms with van der Waals surface area (Å²) in [6.07, 6.45) is 11.4. The standard InChI is InChI=1S/C20H32O4.C9H12O2.4CH4/c1-5-15(19(22)23-4)6-12(2)18(21)24-20(3)16-8-13-7-14(10-16)11-17(20)9-13;10-9-8-6-2-1-5(3-6)7(8)4-11-9;;;;/h12-17H,5-11H2,1-4H3;5-8H,1-4H2;4*1H4. The summed E-state index contributed by atoms with van der Waals surface area (Å²) in [7, 11) is 1.41. The summed E-state index contributed by atoms with van der Waals surface area (Å²) in [6, 6.07) is 0. The molecule has 6 nitrogen and oxygen atoms in total. The molecule has 6 unspecified atom stereocenters. The van der Waals surface area contributed by atoms with E-state index in [4.69, 9.17) is 14.2 Å². The van der Waals surface area contributed by atoms with Crippen molar-refractivity contribution in [1.29, 1.82) is 0 Å². The second-order valence-corrected chi connectivity index (χ2v) is 12.8. The SMILES string of the molecule is C.C.C.C.CCC(CC(C)C(=O)OC1(C)C2CC3CC(C2)CC1C3)C(=O)OC.O=C1OCC2C3CCC(C3)C12. The molecule has 7 fully saturated rings. The van der Waals surface area contributed by atoms with Gasteiger partial charge >= 0.3 is 17.9 Å². The van der Waals surface area contributed by atoms with Gasteiger partial charge in [0.1, 0.15) is 5.60 Å². The smallest absolute Gasteiger partial charge is 0.309 e. The van der Waals surface area contributed by atoms with Gasteiger partial charge in [-0.1, -0.05) is 43.6 Å². The van der Waals surface area contributed by atoms with Crippen LogP contribution in [0.4, 0.5) is 0 Å². The van der Waals surface area contributed by atoms with Gasteiger partial charge in [0, 0.05) is 5.92 Å². The monoisotopic (exact) mass is 552 g/mol. The lowest BCUT2D eigenvalue weighted by Gasteiger charge is -2.59. The highest BCUT2D eigenvalue weighted by molar-refractivity contribution is 5.76. The molecule has 0 aromatic heterocycles. The first kappa shape index (κ1) is 35.4. The molecule has 1 heterocycles. The maximum absolute atomic E-state index is 12.7. The first-order chi connectivity index (χ1) is 16.7. The summed E-state index contributed by atoms with van der Waals surface area (Å²) in [5, 5.41) is 0. The highest BCUT2D eigenvalue weighted by atomic mass is 16.6. The van der Waals surface area contributed by atoms with E-state index in [2.05, 4.69) is 6.92 Å². The molecular formula is C33H60O6. The van der Waals surface area contributed by atoms with Crippen molar-refractivity contribution in [2.75, 3.05) is 13.7 Å². The van der Waals surface area contributed by atoms with E-state index in [1.165, 1.54) is 58.5 Å². The van der Waals surface area contributed by atoms with Crippen LogP contribution in [-0.2, 0) is 28.6 Å². The van der Waals surface area contributed by atoms with E-state index in [1.807, 2.05) is 13.8 Å². The summed E-state index contributed by atoms with van der Waals surface area (Å²) in [4.78, 5) is 35.7. The molecule has 0 N–H and O–H groups in total. The van der Waals surface area contributed by atoms with E-state index in [9.17, 15) is 14.4 Å². The van der Waals surface area contributed by atoms with Crippen LogP contribution in [0.2, 0.25) is 0 Å². The van der Waals surface area contributed by atoms with Gasteiger partial charge in [-0.05, 0) is 107 Å². The molecule has 1 saturated heterocycles. The van der Waals surface area contributed by atoms with Crippen molar-refractivity contribution in [3.05, 3.63) is 0 Å². The minimum Gasteiger partial charge on any atom is -0.469 e. The lowest BCUT2D eigenvalue weighted by atomic mass is 9.50.